The lowest BCUT2D eigenvalue weighted by Gasteiger charge is -2.12. The zero-order valence-electron chi connectivity index (χ0n) is 7.77. The number of benzene rings is 1. The van der Waals surface area contributed by atoms with E-state index in [0.29, 0.717) is 10.5 Å². The van der Waals surface area contributed by atoms with Crippen LogP contribution in [0.15, 0.2) is 22.7 Å². The molecule has 0 radical (unpaired) electrons. The van der Waals surface area contributed by atoms with Crippen molar-refractivity contribution in [1.82, 2.24) is 0 Å². The molecule has 3 heteroatoms. The SMILES string of the molecule is CC[C@H](C)Nc1ccc(F)c(Br)c1. The van der Waals surface area contributed by atoms with Crippen molar-refractivity contribution < 1.29 is 4.39 Å². The zero-order valence-corrected chi connectivity index (χ0v) is 9.36. The highest BCUT2D eigenvalue weighted by Gasteiger charge is 2.02. The molecule has 1 atom stereocenters. The third-order valence-electron chi connectivity index (χ3n) is 1.95. The second kappa shape index (κ2) is 4.61. The first-order valence-electron chi connectivity index (χ1n) is 4.35. The molecule has 0 aliphatic carbocycles. The first-order chi connectivity index (χ1) is 6.13. The molecule has 1 rings (SSSR count). The Morgan fingerprint density at radius 2 is 2.23 bits per heavy atom. The van der Waals surface area contributed by atoms with Gasteiger partial charge in [-0.3, -0.25) is 0 Å². The second-order valence-electron chi connectivity index (χ2n) is 3.08. The summed E-state index contributed by atoms with van der Waals surface area (Å²) in [4.78, 5) is 0. The largest absolute Gasteiger partial charge is 0.383 e. The maximum absolute atomic E-state index is 12.8. The number of halogens is 2. The molecule has 0 bridgehead atoms. The van der Waals surface area contributed by atoms with Crippen LogP contribution in [0.1, 0.15) is 20.3 Å². The average molecular weight is 246 g/mol. The van der Waals surface area contributed by atoms with Crippen LogP contribution in [-0.2, 0) is 0 Å². The van der Waals surface area contributed by atoms with Crippen LogP contribution in [0.5, 0.6) is 0 Å². The van der Waals surface area contributed by atoms with Crippen LogP contribution in [0, 0.1) is 5.82 Å². The third-order valence-corrected chi connectivity index (χ3v) is 2.55. The van der Waals surface area contributed by atoms with Gasteiger partial charge in [0.1, 0.15) is 5.82 Å². The second-order valence-corrected chi connectivity index (χ2v) is 3.94. The Morgan fingerprint density at radius 3 is 2.77 bits per heavy atom. The summed E-state index contributed by atoms with van der Waals surface area (Å²) in [7, 11) is 0. The Balaban J connectivity index is 2.73. The van der Waals surface area contributed by atoms with Gasteiger partial charge in [-0.2, -0.15) is 0 Å². The molecule has 1 aromatic carbocycles. The van der Waals surface area contributed by atoms with Crippen molar-refractivity contribution in [2.75, 3.05) is 5.32 Å². The number of anilines is 1. The van der Waals surface area contributed by atoms with Crippen LogP contribution < -0.4 is 5.32 Å². The Morgan fingerprint density at radius 1 is 1.54 bits per heavy atom. The van der Waals surface area contributed by atoms with Gasteiger partial charge in [0.25, 0.3) is 0 Å². The van der Waals surface area contributed by atoms with E-state index in [4.69, 9.17) is 0 Å². The molecule has 1 aromatic rings. The fourth-order valence-electron chi connectivity index (χ4n) is 0.972. The summed E-state index contributed by atoms with van der Waals surface area (Å²) >= 11 is 3.14. The average Bonchev–Trinajstić information content (AvgIpc) is 2.11. The Bertz CT molecular complexity index is 288. The predicted octanol–water partition coefficient (Wildman–Crippen LogP) is 3.80. The van der Waals surface area contributed by atoms with Gasteiger partial charge < -0.3 is 5.32 Å². The summed E-state index contributed by atoms with van der Waals surface area (Å²) in [5, 5.41) is 3.26. The molecule has 0 unspecified atom stereocenters. The van der Waals surface area contributed by atoms with E-state index < -0.39 is 0 Å². The normalized spacial score (nSPS) is 12.6. The molecular weight excluding hydrogens is 233 g/mol. The van der Waals surface area contributed by atoms with Gasteiger partial charge in [-0.25, -0.2) is 4.39 Å². The van der Waals surface area contributed by atoms with Crippen LogP contribution >= 0.6 is 15.9 Å². The first-order valence-corrected chi connectivity index (χ1v) is 5.14. The molecule has 0 spiro atoms. The monoisotopic (exact) mass is 245 g/mol. The van der Waals surface area contributed by atoms with Gasteiger partial charge in [0.05, 0.1) is 4.47 Å². The fraction of sp³-hybridized carbons (Fsp3) is 0.400. The zero-order chi connectivity index (χ0) is 9.84. The van der Waals surface area contributed by atoms with E-state index in [0.717, 1.165) is 12.1 Å². The number of nitrogens with one attached hydrogen (secondary N) is 1. The standard InChI is InChI=1S/C10H13BrFN/c1-3-7(2)13-8-4-5-10(12)9(11)6-8/h4-7,13H,3H2,1-2H3/t7-/m0/s1. The molecule has 1 N–H and O–H groups in total. The van der Waals surface area contributed by atoms with Gasteiger partial charge in [-0.1, -0.05) is 6.92 Å². The third kappa shape index (κ3) is 2.99. The Labute approximate surface area is 86.5 Å². The number of hydrogen-bond donors (Lipinski definition) is 1. The molecule has 13 heavy (non-hydrogen) atoms. The van der Waals surface area contributed by atoms with Crippen LogP contribution in [0.25, 0.3) is 0 Å². The number of hydrogen-bond acceptors (Lipinski definition) is 1. The molecule has 0 saturated heterocycles. The van der Waals surface area contributed by atoms with E-state index in [1.807, 2.05) is 0 Å². The smallest absolute Gasteiger partial charge is 0.137 e. The van der Waals surface area contributed by atoms with Crippen molar-refractivity contribution in [2.45, 2.75) is 26.3 Å². The van der Waals surface area contributed by atoms with Crippen LogP contribution in [0.2, 0.25) is 0 Å². The summed E-state index contributed by atoms with van der Waals surface area (Å²) in [6.07, 6.45) is 1.05. The van der Waals surface area contributed by atoms with E-state index in [1.165, 1.54) is 6.07 Å². The van der Waals surface area contributed by atoms with Crippen LogP contribution in [0.4, 0.5) is 10.1 Å². The number of rotatable bonds is 3. The lowest BCUT2D eigenvalue weighted by Crippen LogP contribution is -2.13. The van der Waals surface area contributed by atoms with Crippen molar-refractivity contribution in [3.63, 3.8) is 0 Å². The van der Waals surface area contributed by atoms with Crippen molar-refractivity contribution in [1.29, 1.82) is 0 Å². The lowest BCUT2D eigenvalue weighted by atomic mass is 10.2. The van der Waals surface area contributed by atoms with Gasteiger partial charge in [-0.05, 0) is 47.5 Å². The maximum atomic E-state index is 12.8. The Hall–Kier alpha value is -0.570. The maximum Gasteiger partial charge on any atom is 0.137 e. The summed E-state index contributed by atoms with van der Waals surface area (Å²) in [6.45, 7) is 4.20. The van der Waals surface area contributed by atoms with Crippen LogP contribution in [0.3, 0.4) is 0 Å². The van der Waals surface area contributed by atoms with Crippen molar-refractivity contribution >= 4 is 21.6 Å². The van der Waals surface area contributed by atoms with E-state index >= 15 is 0 Å². The summed E-state index contributed by atoms with van der Waals surface area (Å²) in [5.41, 5.74) is 0.947. The van der Waals surface area contributed by atoms with Gasteiger partial charge >= 0.3 is 0 Å². The van der Waals surface area contributed by atoms with Crippen molar-refractivity contribution in [3.8, 4) is 0 Å². The van der Waals surface area contributed by atoms with Crippen molar-refractivity contribution in [3.05, 3.63) is 28.5 Å². The molecule has 0 fully saturated rings. The molecule has 0 saturated carbocycles. The van der Waals surface area contributed by atoms with E-state index in [-0.39, 0.29) is 5.82 Å². The quantitative estimate of drug-likeness (QED) is 0.855. The molecule has 0 aliphatic rings. The molecule has 1 nitrogen and oxygen atoms in total. The molecule has 0 aromatic heterocycles. The predicted molar refractivity (Wildman–Crippen MR) is 57.5 cm³/mol. The lowest BCUT2D eigenvalue weighted by molar-refractivity contribution is 0.621. The molecule has 0 amide bonds. The van der Waals surface area contributed by atoms with E-state index in [1.54, 1.807) is 12.1 Å². The van der Waals surface area contributed by atoms with Crippen LogP contribution in [-0.4, -0.2) is 6.04 Å². The molecule has 72 valence electrons. The summed E-state index contributed by atoms with van der Waals surface area (Å²) in [5.74, 6) is -0.227. The highest BCUT2D eigenvalue weighted by Crippen LogP contribution is 2.20. The summed E-state index contributed by atoms with van der Waals surface area (Å²) in [6, 6.07) is 5.36. The minimum Gasteiger partial charge on any atom is -0.383 e. The highest BCUT2D eigenvalue weighted by molar-refractivity contribution is 9.10. The van der Waals surface area contributed by atoms with Gasteiger partial charge in [0, 0.05) is 11.7 Å². The first kappa shape index (κ1) is 10.5. The fourth-order valence-corrected chi connectivity index (χ4v) is 1.35. The van der Waals surface area contributed by atoms with E-state index in [2.05, 4.69) is 35.1 Å². The van der Waals surface area contributed by atoms with Gasteiger partial charge in [0.15, 0.2) is 0 Å². The highest BCUT2D eigenvalue weighted by atomic mass is 79.9. The van der Waals surface area contributed by atoms with Crippen molar-refractivity contribution in [2.24, 2.45) is 0 Å². The minimum absolute atomic E-state index is 0.227. The molecule has 0 heterocycles. The minimum atomic E-state index is -0.227. The van der Waals surface area contributed by atoms with Gasteiger partial charge in [0.2, 0.25) is 0 Å². The molecular formula is C10H13BrFN. The molecule has 0 aliphatic heterocycles. The van der Waals surface area contributed by atoms with E-state index in [9.17, 15) is 4.39 Å². The topological polar surface area (TPSA) is 12.0 Å². The Kier molecular flexibility index (Phi) is 3.72. The van der Waals surface area contributed by atoms with Gasteiger partial charge in [-0.15, -0.1) is 0 Å². The summed E-state index contributed by atoms with van der Waals surface area (Å²) < 4.78 is 13.3.